The van der Waals surface area contributed by atoms with Crippen LogP contribution in [0.15, 0.2) is 22.8 Å². The molecule has 0 saturated carbocycles. The molecule has 0 aromatic heterocycles. The minimum absolute atomic E-state index is 0.168. The summed E-state index contributed by atoms with van der Waals surface area (Å²) in [4.78, 5) is 26.7. The summed E-state index contributed by atoms with van der Waals surface area (Å²) in [5.41, 5.74) is 0.761. The molecule has 0 bridgehead atoms. The summed E-state index contributed by atoms with van der Waals surface area (Å²) in [7, 11) is 2.87. The molecule has 0 saturated heterocycles. The van der Waals surface area contributed by atoms with Gasteiger partial charge >= 0.3 is 11.9 Å². The van der Waals surface area contributed by atoms with Gasteiger partial charge in [0.25, 0.3) is 0 Å². The third-order valence-electron chi connectivity index (χ3n) is 2.76. The quantitative estimate of drug-likeness (QED) is 0.480. The average Bonchev–Trinajstić information content (AvgIpc) is 2.77. The molecule has 0 spiro atoms. The van der Waals surface area contributed by atoms with Crippen molar-refractivity contribution >= 4 is 23.9 Å². The Bertz CT molecular complexity index is 664. The van der Waals surface area contributed by atoms with E-state index in [2.05, 4.69) is 4.99 Å². The number of esters is 2. The fourth-order valence-electron chi connectivity index (χ4n) is 1.90. The van der Waals surface area contributed by atoms with Crippen LogP contribution in [0.3, 0.4) is 0 Å². The van der Waals surface area contributed by atoms with Crippen molar-refractivity contribution < 1.29 is 28.5 Å². The Kier molecular flexibility index (Phi) is 4.45. The molecular weight excluding hydrogens is 290 g/mol. The third-order valence-corrected chi connectivity index (χ3v) is 2.76. The predicted molar refractivity (Wildman–Crippen MR) is 78.0 cm³/mol. The van der Waals surface area contributed by atoms with Crippen LogP contribution in [0.2, 0.25) is 0 Å². The third kappa shape index (κ3) is 3.25. The van der Waals surface area contributed by atoms with Crippen molar-refractivity contribution in [3.8, 4) is 17.2 Å². The van der Waals surface area contributed by atoms with Gasteiger partial charge in [0.2, 0.25) is 5.75 Å². The van der Waals surface area contributed by atoms with E-state index in [0.717, 1.165) is 0 Å². The number of nitrogens with zero attached hydrogens (tertiary/aromatic N) is 1. The van der Waals surface area contributed by atoms with Gasteiger partial charge in [0.05, 0.1) is 14.2 Å². The van der Waals surface area contributed by atoms with Crippen LogP contribution in [0.5, 0.6) is 17.2 Å². The lowest BCUT2D eigenvalue weighted by molar-refractivity contribution is -0.132. The van der Waals surface area contributed by atoms with Gasteiger partial charge in [-0.25, -0.2) is 9.79 Å². The lowest BCUT2D eigenvalue weighted by Crippen LogP contribution is -2.05. The van der Waals surface area contributed by atoms with Gasteiger partial charge in [-0.15, -0.1) is 0 Å². The minimum Gasteiger partial charge on any atom is -0.493 e. The Labute approximate surface area is 127 Å². The zero-order chi connectivity index (χ0) is 16.3. The number of carbonyl (C=O) groups is 2. The van der Waals surface area contributed by atoms with Gasteiger partial charge in [-0.05, 0) is 23.8 Å². The van der Waals surface area contributed by atoms with Crippen molar-refractivity contribution in [1.29, 1.82) is 0 Å². The number of benzene rings is 1. The lowest BCUT2D eigenvalue weighted by atomic mass is 10.1. The normalized spacial score (nSPS) is 15.4. The molecule has 1 aliphatic heterocycles. The van der Waals surface area contributed by atoms with E-state index in [9.17, 15) is 9.59 Å². The smallest absolute Gasteiger partial charge is 0.363 e. The Morgan fingerprint density at radius 2 is 1.82 bits per heavy atom. The van der Waals surface area contributed by atoms with Crippen LogP contribution in [-0.2, 0) is 14.3 Å². The number of carbonyl (C=O) groups excluding carboxylic acids is 2. The number of hydrogen-bond donors (Lipinski definition) is 0. The van der Waals surface area contributed by atoms with Crippen molar-refractivity contribution in [3.63, 3.8) is 0 Å². The summed E-state index contributed by atoms with van der Waals surface area (Å²) in [5, 5.41) is 0. The zero-order valence-corrected chi connectivity index (χ0v) is 12.6. The second-order valence-electron chi connectivity index (χ2n) is 4.40. The van der Waals surface area contributed by atoms with E-state index < -0.39 is 11.9 Å². The summed E-state index contributed by atoms with van der Waals surface area (Å²) in [6.45, 7) is 2.87. The van der Waals surface area contributed by atoms with Gasteiger partial charge in [-0.1, -0.05) is 0 Å². The second-order valence-corrected chi connectivity index (χ2v) is 4.40. The predicted octanol–water partition coefficient (Wildman–Crippen LogP) is 1.95. The molecule has 0 atom stereocenters. The molecule has 0 fully saturated rings. The standard InChI is InChI=1S/C15H15NO6/c1-8-16-11(15(18)21-8)5-10-6-12(19-3)14(22-9(2)17)13(7-10)20-4/h5-7H,1-4H3/b11-5-. The Morgan fingerprint density at radius 3 is 2.23 bits per heavy atom. The van der Waals surface area contributed by atoms with Crippen molar-refractivity contribution in [1.82, 2.24) is 0 Å². The van der Waals surface area contributed by atoms with E-state index in [1.807, 2.05) is 0 Å². The number of aliphatic imine (C=N–C) groups is 1. The van der Waals surface area contributed by atoms with Gasteiger partial charge in [0.1, 0.15) is 0 Å². The van der Waals surface area contributed by atoms with Crippen LogP contribution in [0.25, 0.3) is 6.08 Å². The van der Waals surface area contributed by atoms with Crippen LogP contribution in [0, 0.1) is 0 Å². The molecular formula is C15H15NO6. The summed E-state index contributed by atoms with van der Waals surface area (Å²) in [5.74, 6) is 0.0313. The largest absolute Gasteiger partial charge is 0.493 e. The molecule has 0 N–H and O–H groups in total. The summed E-state index contributed by atoms with van der Waals surface area (Å²) >= 11 is 0. The fraction of sp³-hybridized carbons (Fsp3) is 0.267. The van der Waals surface area contributed by atoms with Crippen molar-refractivity contribution in [2.45, 2.75) is 13.8 Å². The SMILES string of the molecule is COc1cc(/C=C2\N=C(C)OC2=O)cc(OC)c1OC(C)=O. The van der Waals surface area contributed by atoms with Gasteiger partial charge < -0.3 is 18.9 Å². The minimum atomic E-state index is -0.528. The molecule has 1 heterocycles. The van der Waals surface area contributed by atoms with Crippen LogP contribution >= 0.6 is 0 Å². The first-order chi connectivity index (χ1) is 10.4. The van der Waals surface area contributed by atoms with Crippen molar-refractivity contribution in [2.24, 2.45) is 4.99 Å². The topological polar surface area (TPSA) is 83.4 Å². The highest BCUT2D eigenvalue weighted by molar-refractivity contribution is 6.06. The van der Waals surface area contributed by atoms with Crippen molar-refractivity contribution in [3.05, 3.63) is 23.4 Å². The number of ether oxygens (including phenoxy) is 4. The van der Waals surface area contributed by atoms with E-state index in [1.54, 1.807) is 19.1 Å². The molecule has 7 heteroatoms. The molecule has 22 heavy (non-hydrogen) atoms. The highest BCUT2D eigenvalue weighted by Gasteiger charge is 2.21. The molecule has 0 unspecified atom stereocenters. The summed E-state index contributed by atoms with van der Waals surface area (Å²) < 4.78 is 20.3. The average molecular weight is 305 g/mol. The molecule has 2 rings (SSSR count). The fourth-order valence-corrected chi connectivity index (χ4v) is 1.90. The maximum Gasteiger partial charge on any atom is 0.363 e. The maximum atomic E-state index is 11.6. The van der Waals surface area contributed by atoms with Gasteiger partial charge in [0.15, 0.2) is 23.1 Å². The highest BCUT2D eigenvalue weighted by atomic mass is 16.6. The number of rotatable bonds is 4. The van der Waals surface area contributed by atoms with Crippen LogP contribution in [0.4, 0.5) is 0 Å². The molecule has 1 aliphatic rings. The van der Waals surface area contributed by atoms with Crippen molar-refractivity contribution in [2.75, 3.05) is 14.2 Å². The number of methoxy groups -OCH3 is 2. The van der Waals surface area contributed by atoms with Gasteiger partial charge in [-0.3, -0.25) is 4.79 Å². The zero-order valence-electron chi connectivity index (χ0n) is 12.6. The van der Waals surface area contributed by atoms with E-state index >= 15 is 0 Å². The highest BCUT2D eigenvalue weighted by Crippen LogP contribution is 2.39. The van der Waals surface area contributed by atoms with E-state index in [-0.39, 0.29) is 17.3 Å². The first kappa shape index (κ1) is 15.6. The Morgan fingerprint density at radius 1 is 1.23 bits per heavy atom. The monoisotopic (exact) mass is 305 g/mol. The Balaban J connectivity index is 2.48. The summed E-state index contributed by atoms with van der Waals surface area (Å²) in [6, 6.07) is 3.20. The maximum absolute atomic E-state index is 11.6. The molecule has 1 aromatic rings. The van der Waals surface area contributed by atoms with Crippen LogP contribution in [0.1, 0.15) is 19.4 Å². The molecule has 7 nitrogen and oxygen atoms in total. The number of hydrogen-bond acceptors (Lipinski definition) is 7. The van der Waals surface area contributed by atoms with E-state index in [0.29, 0.717) is 17.1 Å². The summed E-state index contributed by atoms with van der Waals surface area (Å²) in [6.07, 6.45) is 1.53. The lowest BCUT2D eigenvalue weighted by Gasteiger charge is -2.13. The number of cyclic esters (lactones) is 1. The Hall–Kier alpha value is -2.83. The van der Waals surface area contributed by atoms with Crippen LogP contribution in [-0.4, -0.2) is 32.1 Å². The molecule has 0 amide bonds. The van der Waals surface area contributed by atoms with Gasteiger partial charge in [0, 0.05) is 13.8 Å². The molecule has 1 aromatic carbocycles. The molecule has 116 valence electrons. The van der Waals surface area contributed by atoms with Gasteiger partial charge in [-0.2, -0.15) is 0 Å². The van der Waals surface area contributed by atoms with E-state index in [4.69, 9.17) is 18.9 Å². The molecule has 0 radical (unpaired) electrons. The molecule has 0 aliphatic carbocycles. The van der Waals surface area contributed by atoms with Crippen LogP contribution < -0.4 is 14.2 Å². The first-order valence-electron chi connectivity index (χ1n) is 6.38. The van der Waals surface area contributed by atoms with E-state index in [1.165, 1.54) is 27.2 Å². The second kappa shape index (κ2) is 6.30. The first-order valence-corrected chi connectivity index (χ1v) is 6.38.